The van der Waals surface area contributed by atoms with E-state index in [1.165, 1.54) is 30.3 Å². The normalized spacial score (nSPS) is 17.9. The highest BCUT2D eigenvalue weighted by Crippen LogP contribution is 2.33. The van der Waals surface area contributed by atoms with Crippen LogP contribution in [0.4, 0.5) is 13.6 Å². The zero-order valence-electron chi connectivity index (χ0n) is 16.0. The van der Waals surface area contributed by atoms with Crippen molar-refractivity contribution in [3.63, 3.8) is 0 Å². The molecular weight excluding hydrogens is 412 g/mol. The Bertz CT molecular complexity index is 912. The molecule has 1 aromatic heterocycles. The number of aliphatic hydroxyl groups excluding tert-OH is 1. The molecular formula is C20H21F2N5O2S. The molecule has 2 heterocycles. The summed E-state index contributed by atoms with van der Waals surface area (Å²) >= 11 is 1.14. The first kappa shape index (κ1) is 21.9. The lowest BCUT2D eigenvalue weighted by Crippen LogP contribution is -2.34. The van der Waals surface area contributed by atoms with Gasteiger partial charge in [-0.15, -0.1) is 11.0 Å². The summed E-state index contributed by atoms with van der Waals surface area (Å²) in [6, 6.07) is 6.85. The molecule has 0 aliphatic carbocycles. The van der Waals surface area contributed by atoms with Crippen LogP contribution in [0.1, 0.15) is 24.2 Å². The van der Waals surface area contributed by atoms with Crippen molar-refractivity contribution in [1.82, 2.24) is 25.5 Å². The second kappa shape index (κ2) is 10.3. The van der Waals surface area contributed by atoms with Crippen molar-refractivity contribution in [3.05, 3.63) is 53.9 Å². The van der Waals surface area contributed by atoms with E-state index in [2.05, 4.69) is 32.5 Å². The fraction of sp³-hybridized carbons (Fsp3) is 0.400. The molecule has 1 amide bonds. The summed E-state index contributed by atoms with van der Waals surface area (Å²) < 4.78 is 28.8. The van der Waals surface area contributed by atoms with Crippen LogP contribution in [0.15, 0.2) is 42.5 Å². The number of tetrazole rings is 1. The van der Waals surface area contributed by atoms with Crippen molar-refractivity contribution in [2.24, 2.45) is 0 Å². The van der Waals surface area contributed by atoms with Gasteiger partial charge in [0.2, 0.25) is 0 Å². The maximum absolute atomic E-state index is 14.4. The van der Waals surface area contributed by atoms with Gasteiger partial charge in [0, 0.05) is 24.3 Å². The number of alkyl halides is 2. The molecule has 10 heteroatoms. The Kier molecular flexibility index (Phi) is 7.54. The van der Waals surface area contributed by atoms with E-state index in [-0.39, 0.29) is 16.8 Å². The number of rotatable bonds is 8. The van der Waals surface area contributed by atoms with Gasteiger partial charge in [0.05, 0.1) is 12.5 Å². The molecule has 2 N–H and O–H groups in total. The summed E-state index contributed by atoms with van der Waals surface area (Å²) in [4.78, 5) is 13.7. The summed E-state index contributed by atoms with van der Waals surface area (Å²) in [6.07, 6.45) is 2.25. The summed E-state index contributed by atoms with van der Waals surface area (Å²) in [7, 11) is 0. The Balaban J connectivity index is 1.51. The number of aliphatic hydroxyl groups is 1. The number of aromatic amines is 1. The first-order valence-electron chi connectivity index (χ1n) is 9.40. The van der Waals surface area contributed by atoms with Crippen molar-refractivity contribution in [2.75, 3.05) is 12.3 Å². The predicted octanol–water partition coefficient (Wildman–Crippen LogP) is 2.77. The smallest absolute Gasteiger partial charge is 0.302 e. The topological polar surface area (TPSA) is 95.0 Å². The van der Waals surface area contributed by atoms with Crippen molar-refractivity contribution in [3.8, 4) is 11.8 Å². The minimum atomic E-state index is -3.41. The lowest BCUT2D eigenvalue weighted by molar-refractivity contribution is -0.0929. The van der Waals surface area contributed by atoms with Crippen LogP contribution in [-0.4, -0.2) is 60.3 Å². The third kappa shape index (κ3) is 5.64. The zero-order chi connectivity index (χ0) is 21.4. The summed E-state index contributed by atoms with van der Waals surface area (Å²) in [6.45, 7) is 0.463. The van der Waals surface area contributed by atoms with Crippen molar-refractivity contribution < 1.29 is 18.7 Å². The fourth-order valence-corrected chi connectivity index (χ4v) is 3.89. The van der Waals surface area contributed by atoms with Crippen LogP contribution >= 0.6 is 11.8 Å². The van der Waals surface area contributed by atoms with E-state index < -0.39 is 12.0 Å². The Morgan fingerprint density at radius 1 is 1.37 bits per heavy atom. The number of carbonyl (C=O) groups is 1. The van der Waals surface area contributed by atoms with Gasteiger partial charge in [0.15, 0.2) is 5.82 Å². The van der Waals surface area contributed by atoms with Crippen molar-refractivity contribution in [2.45, 2.75) is 37.3 Å². The molecule has 1 aliphatic heterocycles. The average molecular weight is 433 g/mol. The third-order valence-corrected chi connectivity index (χ3v) is 5.52. The fourth-order valence-electron chi connectivity index (χ4n) is 2.89. The Labute approximate surface area is 176 Å². The molecule has 1 aromatic carbocycles. The molecule has 1 aliphatic rings. The van der Waals surface area contributed by atoms with E-state index in [4.69, 9.17) is 0 Å². The van der Waals surface area contributed by atoms with Gasteiger partial charge in [-0.25, -0.2) is 5.10 Å². The number of carbonyl (C=O) groups excluding carboxylic acids is 1. The zero-order valence-corrected chi connectivity index (χ0v) is 16.9. The van der Waals surface area contributed by atoms with Crippen LogP contribution in [-0.2, 0) is 12.3 Å². The molecule has 2 atom stereocenters. The van der Waals surface area contributed by atoms with Crippen molar-refractivity contribution in [1.29, 1.82) is 0 Å². The number of unbranched alkanes of at least 4 members (excludes halogenated alkanes) is 1. The first-order chi connectivity index (χ1) is 14.5. The third-order valence-electron chi connectivity index (χ3n) is 4.53. The molecule has 1 saturated heterocycles. The van der Waals surface area contributed by atoms with E-state index in [0.717, 1.165) is 17.8 Å². The van der Waals surface area contributed by atoms with Crippen LogP contribution in [0, 0.1) is 11.8 Å². The summed E-state index contributed by atoms with van der Waals surface area (Å²) in [5.41, 5.74) is -0.254. The number of H-pyrrole nitrogens is 1. The maximum atomic E-state index is 14.4. The lowest BCUT2D eigenvalue weighted by atomic mass is 10.0. The Morgan fingerprint density at radius 3 is 2.90 bits per heavy atom. The number of hydrogen-bond acceptors (Lipinski definition) is 6. The molecule has 158 valence electrons. The van der Waals surface area contributed by atoms with Gasteiger partial charge in [-0.05, 0) is 16.8 Å². The summed E-state index contributed by atoms with van der Waals surface area (Å²) in [5.74, 6) is 3.58. The number of halogens is 2. The molecule has 0 bridgehead atoms. The second-order valence-electron chi connectivity index (χ2n) is 6.64. The minimum absolute atomic E-state index is 0.102. The quantitative estimate of drug-likeness (QED) is 0.378. The highest BCUT2D eigenvalue weighted by Gasteiger charge is 2.39. The molecule has 7 nitrogen and oxygen atoms in total. The van der Waals surface area contributed by atoms with Crippen LogP contribution in [0.3, 0.4) is 0 Å². The number of nitrogens with one attached hydrogen (secondary N) is 1. The standard InChI is InChI=1S/C20H21F2N5O2S/c21-20(22,15-8-4-3-5-9-15)17(28)12-11-16-14-30-19(29)27(16)13-7-2-1-6-10-18-23-25-26-24-18/h3-5,8-9,11-12,16-17,28H,2,7,10,13-14H2,(H,23,24,25,26)/b12-11+. The minimum Gasteiger partial charge on any atom is -0.382 e. The van der Waals surface area contributed by atoms with Crippen molar-refractivity contribution >= 4 is 17.0 Å². The van der Waals surface area contributed by atoms with E-state index in [1.807, 2.05) is 0 Å². The number of aromatic nitrogens is 4. The predicted molar refractivity (Wildman–Crippen MR) is 109 cm³/mol. The molecule has 2 unspecified atom stereocenters. The van der Waals surface area contributed by atoms with Crippen LogP contribution in [0.5, 0.6) is 0 Å². The molecule has 0 spiro atoms. The molecule has 2 aromatic rings. The molecule has 0 saturated carbocycles. The number of hydrogen-bond donors (Lipinski definition) is 2. The molecule has 1 fully saturated rings. The second-order valence-corrected chi connectivity index (χ2v) is 7.61. The number of nitrogens with zero attached hydrogens (tertiary/aromatic N) is 4. The first-order valence-corrected chi connectivity index (χ1v) is 10.4. The van der Waals surface area contributed by atoms with E-state index in [1.54, 1.807) is 11.0 Å². The number of amides is 1. The molecule has 3 rings (SSSR count). The average Bonchev–Trinajstić information content (AvgIpc) is 3.39. The molecule has 0 radical (unpaired) electrons. The van der Waals surface area contributed by atoms with E-state index in [9.17, 15) is 18.7 Å². The summed E-state index contributed by atoms with van der Waals surface area (Å²) in [5, 5.41) is 23.2. The van der Waals surface area contributed by atoms with E-state index in [0.29, 0.717) is 37.4 Å². The SMILES string of the molecule is O=C1SCC(/C=C/C(O)C(F)(F)c2ccccc2)N1CCCC#CCc1nnn[nH]1. The van der Waals surface area contributed by atoms with Gasteiger partial charge >= 0.3 is 5.92 Å². The van der Waals surface area contributed by atoms with Gasteiger partial charge in [-0.2, -0.15) is 8.78 Å². The highest BCUT2D eigenvalue weighted by molar-refractivity contribution is 8.13. The Morgan fingerprint density at radius 2 is 2.17 bits per heavy atom. The monoisotopic (exact) mass is 433 g/mol. The number of thioether (sulfide) groups is 1. The number of benzene rings is 1. The maximum Gasteiger partial charge on any atom is 0.302 e. The highest BCUT2D eigenvalue weighted by atomic mass is 32.2. The van der Waals surface area contributed by atoms with Crippen LogP contribution < -0.4 is 0 Å². The van der Waals surface area contributed by atoms with E-state index >= 15 is 0 Å². The van der Waals surface area contributed by atoms with Crippen LogP contribution in [0.2, 0.25) is 0 Å². The Hall–Kier alpha value is -2.77. The van der Waals surface area contributed by atoms with Gasteiger partial charge in [0.1, 0.15) is 6.10 Å². The largest absolute Gasteiger partial charge is 0.382 e. The van der Waals surface area contributed by atoms with Gasteiger partial charge in [-0.1, -0.05) is 60.2 Å². The van der Waals surface area contributed by atoms with Crippen LogP contribution in [0.25, 0.3) is 0 Å². The van der Waals surface area contributed by atoms with Gasteiger partial charge in [0.25, 0.3) is 5.24 Å². The molecule has 30 heavy (non-hydrogen) atoms. The van der Waals surface area contributed by atoms with Gasteiger partial charge in [-0.3, -0.25) is 4.79 Å². The lowest BCUT2D eigenvalue weighted by Gasteiger charge is -2.23. The van der Waals surface area contributed by atoms with Gasteiger partial charge < -0.3 is 10.0 Å².